The van der Waals surface area contributed by atoms with E-state index in [-0.39, 0.29) is 19.1 Å². The fourth-order valence-electron chi connectivity index (χ4n) is 2.25. The first-order valence-electron chi connectivity index (χ1n) is 6.32. The van der Waals surface area contributed by atoms with Gasteiger partial charge >= 0.3 is 0 Å². The van der Waals surface area contributed by atoms with Crippen LogP contribution in [0.2, 0.25) is 10.0 Å². The smallest absolute Gasteiger partial charge is 0.265 e. The van der Waals surface area contributed by atoms with Gasteiger partial charge in [-0.05, 0) is 30.3 Å². The first-order valence-corrected chi connectivity index (χ1v) is 7.07. The Morgan fingerprint density at radius 2 is 2.05 bits per heavy atom. The standard InChI is InChI=1S/C15H12Cl2N2O2/c16-9-4-5-14-13(6-9)19(15(20)8-21-14)7-10-11(17)2-1-3-12(10)18/h1-6H,7-8,18H2. The highest BCUT2D eigenvalue weighted by Gasteiger charge is 2.27. The number of halogens is 2. The van der Waals surface area contributed by atoms with Crippen molar-refractivity contribution < 1.29 is 9.53 Å². The van der Waals surface area contributed by atoms with Crippen molar-refractivity contribution in [3.63, 3.8) is 0 Å². The van der Waals surface area contributed by atoms with Gasteiger partial charge in [-0.15, -0.1) is 0 Å². The average Bonchev–Trinajstić information content (AvgIpc) is 2.45. The first kappa shape index (κ1) is 14.0. The third-order valence-electron chi connectivity index (χ3n) is 3.34. The van der Waals surface area contributed by atoms with E-state index >= 15 is 0 Å². The van der Waals surface area contributed by atoms with E-state index in [1.165, 1.54) is 0 Å². The van der Waals surface area contributed by atoms with E-state index in [0.29, 0.717) is 32.7 Å². The van der Waals surface area contributed by atoms with E-state index in [4.69, 9.17) is 33.7 Å². The van der Waals surface area contributed by atoms with Crippen LogP contribution < -0.4 is 15.4 Å². The van der Waals surface area contributed by atoms with Crippen LogP contribution >= 0.6 is 23.2 Å². The second-order valence-corrected chi connectivity index (χ2v) is 5.53. The molecule has 108 valence electrons. The molecule has 1 amide bonds. The molecule has 0 aliphatic carbocycles. The summed E-state index contributed by atoms with van der Waals surface area (Å²) in [5, 5.41) is 1.06. The number of rotatable bonds is 2. The second kappa shape index (κ2) is 5.47. The Labute approximate surface area is 132 Å². The van der Waals surface area contributed by atoms with Crippen molar-refractivity contribution in [3.05, 3.63) is 52.0 Å². The normalized spacial score (nSPS) is 13.8. The molecule has 1 aliphatic rings. The topological polar surface area (TPSA) is 55.6 Å². The largest absolute Gasteiger partial charge is 0.482 e. The Kier molecular flexibility index (Phi) is 3.66. The zero-order valence-corrected chi connectivity index (χ0v) is 12.5. The third kappa shape index (κ3) is 2.64. The number of anilines is 2. The molecular formula is C15H12Cl2N2O2. The highest BCUT2D eigenvalue weighted by atomic mass is 35.5. The Balaban J connectivity index is 2.03. The number of fused-ring (bicyclic) bond motifs is 1. The molecule has 1 aliphatic heterocycles. The van der Waals surface area contributed by atoms with Crippen molar-refractivity contribution in [1.29, 1.82) is 0 Å². The summed E-state index contributed by atoms with van der Waals surface area (Å²) in [6.45, 7) is 0.264. The average molecular weight is 323 g/mol. The van der Waals surface area contributed by atoms with Gasteiger partial charge in [-0.2, -0.15) is 0 Å². The SMILES string of the molecule is Nc1cccc(Cl)c1CN1C(=O)COc2ccc(Cl)cc21. The minimum absolute atomic E-state index is 0.0149. The molecule has 3 rings (SSSR count). The maximum absolute atomic E-state index is 12.2. The van der Waals surface area contributed by atoms with E-state index in [1.54, 1.807) is 41.3 Å². The molecule has 2 N–H and O–H groups in total. The van der Waals surface area contributed by atoms with Crippen molar-refractivity contribution >= 4 is 40.5 Å². The number of nitrogen functional groups attached to an aromatic ring is 1. The summed E-state index contributed by atoms with van der Waals surface area (Å²) in [7, 11) is 0. The zero-order valence-electron chi connectivity index (χ0n) is 11.0. The summed E-state index contributed by atoms with van der Waals surface area (Å²) >= 11 is 12.2. The molecule has 0 fully saturated rings. The fraction of sp³-hybridized carbons (Fsp3) is 0.133. The molecule has 6 heteroatoms. The quantitative estimate of drug-likeness (QED) is 0.861. The van der Waals surface area contributed by atoms with E-state index in [1.807, 2.05) is 0 Å². The number of amides is 1. The van der Waals surface area contributed by atoms with Crippen LogP contribution in [0.5, 0.6) is 5.75 Å². The van der Waals surface area contributed by atoms with E-state index in [0.717, 1.165) is 0 Å². The first-order chi connectivity index (χ1) is 10.1. The molecule has 0 saturated carbocycles. The van der Waals surface area contributed by atoms with Crippen LogP contribution in [0.1, 0.15) is 5.56 Å². The van der Waals surface area contributed by atoms with Crippen molar-refractivity contribution in [3.8, 4) is 5.75 Å². The lowest BCUT2D eigenvalue weighted by Crippen LogP contribution is -2.38. The molecule has 21 heavy (non-hydrogen) atoms. The highest BCUT2D eigenvalue weighted by molar-refractivity contribution is 6.32. The molecule has 0 unspecified atom stereocenters. The van der Waals surface area contributed by atoms with Crippen LogP contribution in [0.3, 0.4) is 0 Å². The Morgan fingerprint density at radius 3 is 2.81 bits per heavy atom. The van der Waals surface area contributed by atoms with Crippen molar-refractivity contribution in [1.82, 2.24) is 0 Å². The molecule has 0 spiro atoms. The number of carbonyl (C=O) groups is 1. The minimum Gasteiger partial charge on any atom is -0.482 e. The van der Waals surface area contributed by atoms with E-state index in [9.17, 15) is 4.79 Å². The number of nitrogens with zero attached hydrogens (tertiary/aromatic N) is 1. The fourth-order valence-corrected chi connectivity index (χ4v) is 2.66. The number of nitrogens with two attached hydrogens (primary N) is 1. The van der Waals surface area contributed by atoms with Gasteiger partial charge in [0.15, 0.2) is 6.61 Å². The van der Waals surface area contributed by atoms with E-state index in [2.05, 4.69) is 0 Å². The molecule has 0 saturated heterocycles. The van der Waals surface area contributed by atoms with Crippen LogP contribution in [0.25, 0.3) is 0 Å². The Bertz CT molecular complexity index is 699. The predicted octanol–water partition coefficient (Wildman–Crippen LogP) is 3.50. The maximum atomic E-state index is 12.2. The molecular weight excluding hydrogens is 311 g/mol. The molecule has 0 bridgehead atoms. The minimum atomic E-state index is -0.163. The third-order valence-corrected chi connectivity index (χ3v) is 3.92. The lowest BCUT2D eigenvalue weighted by atomic mass is 10.1. The lowest BCUT2D eigenvalue weighted by molar-refractivity contribution is -0.121. The molecule has 0 radical (unpaired) electrons. The second-order valence-electron chi connectivity index (χ2n) is 4.69. The number of hydrogen-bond donors (Lipinski definition) is 1. The van der Waals surface area contributed by atoms with Gasteiger partial charge < -0.3 is 15.4 Å². The van der Waals surface area contributed by atoms with Crippen LogP contribution in [0, 0.1) is 0 Å². The van der Waals surface area contributed by atoms with Crippen molar-refractivity contribution in [2.75, 3.05) is 17.2 Å². The Morgan fingerprint density at radius 1 is 1.24 bits per heavy atom. The molecule has 0 atom stereocenters. The molecule has 2 aromatic carbocycles. The van der Waals surface area contributed by atoms with Gasteiger partial charge in [0, 0.05) is 21.3 Å². The van der Waals surface area contributed by atoms with Crippen molar-refractivity contribution in [2.45, 2.75) is 6.54 Å². The van der Waals surface area contributed by atoms with E-state index < -0.39 is 0 Å². The summed E-state index contributed by atoms with van der Waals surface area (Å²) in [6.07, 6.45) is 0. The van der Waals surface area contributed by atoms with Gasteiger partial charge in [-0.25, -0.2) is 0 Å². The highest BCUT2D eigenvalue weighted by Crippen LogP contribution is 2.36. The summed E-state index contributed by atoms with van der Waals surface area (Å²) in [4.78, 5) is 13.8. The summed E-state index contributed by atoms with van der Waals surface area (Å²) < 4.78 is 5.41. The van der Waals surface area contributed by atoms with Gasteiger partial charge in [0.25, 0.3) is 5.91 Å². The van der Waals surface area contributed by atoms with Gasteiger partial charge in [0.05, 0.1) is 12.2 Å². The van der Waals surface area contributed by atoms with Gasteiger partial charge in [-0.1, -0.05) is 29.3 Å². The van der Waals surface area contributed by atoms with Gasteiger partial charge in [-0.3, -0.25) is 4.79 Å². The van der Waals surface area contributed by atoms with Crippen LogP contribution in [-0.2, 0) is 11.3 Å². The summed E-state index contributed by atoms with van der Waals surface area (Å²) in [6, 6.07) is 10.4. The summed E-state index contributed by atoms with van der Waals surface area (Å²) in [5.74, 6) is 0.453. The number of ether oxygens (including phenoxy) is 1. The monoisotopic (exact) mass is 322 g/mol. The molecule has 4 nitrogen and oxygen atoms in total. The van der Waals surface area contributed by atoms with Crippen LogP contribution in [0.4, 0.5) is 11.4 Å². The number of hydrogen-bond acceptors (Lipinski definition) is 3. The van der Waals surface area contributed by atoms with Gasteiger partial charge in [0.2, 0.25) is 0 Å². The maximum Gasteiger partial charge on any atom is 0.265 e. The number of benzene rings is 2. The van der Waals surface area contributed by atoms with Crippen LogP contribution in [-0.4, -0.2) is 12.5 Å². The lowest BCUT2D eigenvalue weighted by Gasteiger charge is -2.30. The predicted molar refractivity (Wildman–Crippen MR) is 84.0 cm³/mol. The molecule has 0 aromatic heterocycles. The molecule has 1 heterocycles. The Hall–Kier alpha value is -1.91. The number of carbonyl (C=O) groups excluding carboxylic acids is 1. The summed E-state index contributed by atoms with van der Waals surface area (Å²) in [5.41, 5.74) is 7.83. The molecule has 2 aromatic rings. The van der Waals surface area contributed by atoms with Gasteiger partial charge in [0.1, 0.15) is 5.75 Å². The zero-order chi connectivity index (χ0) is 15.0. The van der Waals surface area contributed by atoms with Crippen LogP contribution in [0.15, 0.2) is 36.4 Å². The van der Waals surface area contributed by atoms with Crippen molar-refractivity contribution in [2.24, 2.45) is 0 Å².